The van der Waals surface area contributed by atoms with Crippen molar-refractivity contribution in [3.05, 3.63) is 23.8 Å². The molecule has 1 heterocycles. The summed E-state index contributed by atoms with van der Waals surface area (Å²) >= 11 is 0.926. The largest absolute Gasteiger partial charge is 0.430 e. The molecule has 7 nitrogen and oxygen atoms in total. The molecule has 0 atom stereocenters. The van der Waals surface area contributed by atoms with E-state index in [1.165, 1.54) is 0 Å². The van der Waals surface area contributed by atoms with E-state index >= 15 is 0 Å². The van der Waals surface area contributed by atoms with Crippen molar-refractivity contribution < 1.29 is 33.5 Å². The van der Waals surface area contributed by atoms with Gasteiger partial charge in [-0.15, -0.1) is 8.98 Å². The SMILES string of the molecule is CC[N+](CC)(CC)OC(=O)C[N+]1=C(C)C(C)(C)c2cc(SOOO)ccc21. The summed E-state index contributed by atoms with van der Waals surface area (Å²) < 4.78 is 6.88. The van der Waals surface area contributed by atoms with E-state index in [2.05, 4.69) is 23.2 Å². The summed E-state index contributed by atoms with van der Waals surface area (Å²) in [5, 5.41) is 12.0. The molecule has 0 saturated heterocycles. The van der Waals surface area contributed by atoms with E-state index in [9.17, 15) is 4.79 Å². The maximum atomic E-state index is 12.7. The molecule has 0 amide bonds. The van der Waals surface area contributed by atoms with Crippen LogP contribution in [0.5, 0.6) is 0 Å². The third-order valence-corrected chi connectivity index (χ3v) is 6.29. The zero-order chi connectivity index (χ0) is 20.2. The second-order valence-electron chi connectivity index (χ2n) is 7.17. The van der Waals surface area contributed by atoms with E-state index in [1.54, 1.807) is 0 Å². The van der Waals surface area contributed by atoms with Gasteiger partial charge in [0.25, 0.3) is 6.54 Å². The van der Waals surface area contributed by atoms with Crippen LogP contribution in [0.2, 0.25) is 0 Å². The standard InChI is InChI=1S/C19H29N2O5S/c1-7-21(8-2,9-3)24-18(22)13-20-14(4)19(5,6)16-12-15(27-26-25-23)10-11-17(16)20/h10-12H,7-9,13H2,1-6H3/q+1/p+1. The van der Waals surface area contributed by atoms with Crippen molar-refractivity contribution in [1.29, 1.82) is 0 Å². The van der Waals surface area contributed by atoms with Crippen molar-refractivity contribution in [2.75, 3.05) is 26.2 Å². The van der Waals surface area contributed by atoms with E-state index in [4.69, 9.17) is 10.1 Å². The minimum absolute atomic E-state index is 0.172. The molecular formula is C19H30N2O5S+2. The van der Waals surface area contributed by atoms with Crippen LogP contribution in [0.4, 0.5) is 5.69 Å². The maximum absolute atomic E-state index is 12.7. The molecule has 1 aliphatic rings. The summed E-state index contributed by atoms with van der Waals surface area (Å²) in [6.45, 7) is 14.8. The molecule has 1 aliphatic heterocycles. The van der Waals surface area contributed by atoms with Gasteiger partial charge in [0.2, 0.25) is 5.69 Å². The van der Waals surface area contributed by atoms with Gasteiger partial charge in [-0.25, -0.2) is 10.1 Å². The quantitative estimate of drug-likeness (QED) is 0.224. The first-order valence-corrected chi connectivity index (χ1v) is 9.98. The lowest BCUT2D eigenvalue weighted by Gasteiger charge is -2.30. The molecular weight excluding hydrogens is 368 g/mol. The lowest BCUT2D eigenvalue weighted by atomic mass is 9.82. The molecule has 0 spiro atoms. The third-order valence-electron chi connectivity index (χ3n) is 5.71. The van der Waals surface area contributed by atoms with Crippen LogP contribution in [0.15, 0.2) is 23.1 Å². The molecule has 0 radical (unpaired) electrons. The molecule has 1 N–H and O–H groups in total. The Hall–Kier alpha value is -1.45. The van der Waals surface area contributed by atoms with Crippen molar-refractivity contribution in [3.63, 3.8) is 0 Å². The fraction of sp³-hybridized carbons (Fsp3) is 0.579. The summed E-state index contributed by atoms with van der Waals surface area (Å²) in [6.07, 6.45) is 0. The van der Waals surface area contributed by atoms with Crippen LogP contribution < -0.4 is 0 Å². The van der Waals surface area contributed by atoms with Crippen molar-refractivity contribution in [2.24, 2.45) is 0 Å². The Kier molecular flexibility index (Phi) is 7.04. The molecule has 27 heavy (non-hydrogen) atoms. The van der Waals surface area contributed by atoms with Crippen LogP contribution in [0, 0.1) is 0 Å². The fourth-order valence-corrected chi connectivity index (χ4v) is 3.91. The van der Waals surface area contributed by atoms with Crippen LogP contribution in [0.1, 0.15) is 47.1 Å². The van der Waals surface area contributed by atoms with Gasteiger partial charge >= 0.3 is 5.97 Å². The van der Waals surface area contributed by atoms with Crippen molar-refractivity contribution in [3.8, 4) is 0 Å². The molecule has 0 aromatic heterocycles. The Balaban J connectivity index is 2.28. The Morgan fingerprint density at radius 1 is 1.22 bits per heavy atom. The lowest BCUT2D eigenvalue weighted by Crippen LogP contribution is -2.50. The molecule has 0 unspecified atom stereocenters. The Morgan fingerprint density at radius 3 is 2.41 bits per heavy atom. The number of carbonyl (C=O) groups excluding carboxylic acids is 1. The average molecular weight is 399 g/mol. The van der Waals surface area contributed by atoms with E-state index in [0.29, 0.717) is 4.65 Å². The first kappa shape index (κ1) is 21.8. The zero-order valence-electron chi connectivity index (χ0n) is 16.9. The minimum atomic E-state index is -0.238. The van der Waals surface area contributed by atoms with E-state index in [-0.39, 0.29) is 17.9 Å². The van der Waals surface area contributed by atoms with Crippen molar-refractivity contribution in [2.45, 2.75) is 51.9 Å². The highest BCUT2D eigenvalue weighted by Gasteiger charge is 2.44. The monoisotopic (exact) mass is 398 g/mol. The highest BCUT2D eigenvalue weighted by atomic mass is 32.2. The Bertz CT molecular complexity index is 721. The van der Waals surface area contributed by atoms with Crippen LogP contribution in [-0.2, 0) is 24.4 Å². The Labute approximate surface area is 165 Å². The molecule has 0 saturated carbocycles. The maximum Gasteiger partial charge on any atom is 0.430 e. The first-order valence-electron chi connectivity index (χ1n) is 9.24. The van der Waals surface area contributed by atoms with Crippen molar-refractivity contribution >= 4 is 29.4 Å². The number of rotatable bonds is 9. The summed E-state index contributed by atoms with van der Waals surface area (Å²) in [5.41, 5.74) is 2.91. The van der Waals surface area contributed by atoms with Crippen LogP contribution in [0.25, 0.3) is 0 Å². The lowest BCUT2D eigenvalue weighted by molar-refractivity contribution is -1.09. The predicted molar refractivity (Wildman–Crippen MR) is 104 cm³/mol. The van der Waals surface area contributed by atoms with Gasteiger partial charge in [0.15, 0.2) is 5.71 Å². The van der Waals surface area contributed by atoms with Crippen LogP contribution in [0.3, 0.4) is 0 Å². The van der Waals surface area contributed by atoms with Crippen molar-refractivity contribution in [1.82, 2.24) is 0 Å². The Morgan fingerprint density at radius 2 is 1.85 bits per heavy atom. The summed E-state index contributed by atoms with van der Waals surface area (Å²) in [4.78, 5) is 19.3. The van der Waals surface area contributed by atoms with Gasteiger partial charge in [0.1, 0.15) is 19.6 Å². The summed E-state index contributed by atoms with van der Waals surface area (Å²) in [7, 11) is 0. The first-order chi connectivity index (χ1) is 12.7. The number of hydroxylamine groups is 3. The number of hydrogen-bond donors (Lipinski definition) is 1. The number of hydrogen-bond acceptors (Lipinski definition) is 6. The molecule has 2 rings (SSSR count). The molecule has 0 fully saturated rings. The average Bonchev–Trinajstić information content (AvgIpc) is 2.85. The van der Waals surface area contributed by atoms with Gasteiger partial charge in [0, 0.05) is 23.4 Å². The third kappa shape index (κ3) is 4.35. The number of nitrogens with zero attached hydrogens (tertiary/aromatic N) is 2. The van der Waals surface area contributed by atoms with Gasteiger partial charge in [-0.05, 0) is 46.8 Å². The van der Waals surface area contributed by atoms with Crippen LogP contribution >= 0.6 is 12.0 Å². The fourth-order valence-electron chi connectivity index (χ4n) is 3.51. The molecule has 1 aromatic rings. The molecule has 150 valence electrons. The predicted octanol–water partition coefficient (Wildman–Crippen LogP) is 3.85. The number of benzene rings is 1. The van der Waals surface area contributed by atoms with Gasteiger partial charge in [0.05, 0.1) is 17.5 Å². The van der Waals surface area contributed by atoms with E-state index in [1.807, 2.05) is 50.5 Å². The number of quaternary nitrogens is 1. The normalized spacial score (nSPS) is 15.8. The molecule has 0 aliphatic carbocycles. The summed E-state index contributed by atoms with van der Waals surface area (Å²) in [5.74, 6) is -0.237. The number of fused-ring (bicyclic) bond motifs is 1. The van der Waals surface area contributed by atoms with Gasteiger partial charge in [-0.2, -0.15) is 4.58 Å². The van der Waals surface area contributed by atoms with Crippen LogP contribution in [-0.4, -0.2) is 52.3 Å². The molecule has 8 heteroatoms. The topological polar surface area (TPSA) is 68.0 Å². The minimum Gasteiger partial charge on any atom is -0.269 e. The molecule has 0 bridgehead atoms. The summed E-state index contributed by atoms with van der Waals surface area (Å²) in [6, 6.07) is 5.80. The van der Waals surface area contributed by atoms with Gasteiger partial charge in [-0.1, -0.05) is 5.04 Å². The second kappa shape index (κ2) is 8.70. The highest BCUT2D eigenvalue weighted by molar-refractivity contribution is 7.94. The molecule has 1 aromatic carbocycles. The highest BCUT2D eigenvalue weighted by Crippen LogP contribution is 2.41. The zero-order valence-corrected chi connectivity index (χ0v) is 17.8. The van der Waals surface area contributed by atoms with Gasteiger partial charge < -0.3 is 0 Å². The second-order valence-corrected chi connectivity index (χ2v) is 7.95. The van der Waals surface area contributed by atoms with Gasteiger partial charge in [-0.3, -0.25) is 4.84 Å². The smallest absolute Gasteiger partial charge is 0.269 e. The van der Waals surface area contributed by atoms with E-state index < -0.39 is 0 Å². The number of carbonyl (C=O) groups is 1. The van der Waals surface area contributed by atoms with E-state index in [0.717, 1.165) is 53.5 Å².